The maximum Gasteiger partial charge on any atom is 0.343 e. The highest BCUT2D eigenvalue weighted by atomic mass is 35.5. The quantitative estimate of drug-likeness (QED) is 0.246. The Kier molecular flexibility index (Phi) is 5.84. The monoisotopic (exact) mass is 376 g/mol. The van der Waals surface area contributed by atoms with Gasteiger partial charge in [-0.15, -0.1) is 0 Å². The Morgan fingerprint density at radius 3 is 2.04 bits per heavy atom. The number of benzene rings is 3. The van der Waals surface area contributed by atoms with Gasteiger partial charge in [0.25, 0.3) is 0 Å². The van der Waals surface area contributed by atoms with E-state index >= 15 is 0 Å². The number of carbonyl (C=O) groups is 2. The van der Waals surface area contributed by atoms with E-state index in [-0.39, 0.29) is 5.78 Å². The molecule has 0 amide bonds. The third-order valence-corrected chi connectivity index (χ3v) is 4.19. The lowest BCUT2D eigenvalue weighted by Gasteiger charge is -2.05. The fourth-order valence-corrected chi connectivity index (χ4v) is 2.51. The molecule has 3 aromatic rings. The summed E-state index contributed by atoms with van der Waals surface area (Å²) in [7, 11) is 0. The van der Waals surface area contributed by atoms with E-state index in [1.54, 1.807) is 54.6 Å². The number of hydrogen-bond donors (Lipinski definition) is 0. The molecule has 0 saturated carbocycles. The second kappa shape index (κ2) is 8.47. The summed E-state index contributed by atoms with van der Waals surface area (Å²) in [5.74, 6) is -0.183. The van der Waals surface area contributed by atoms with Gasteiger partial charge in [-0.3, -0.25) is 4.79 Å². The minimum Gasteiger partial charge on any atom is -0.423 e. The van der Waals surface area contributed by atoms with Gasteiger partial charge in [-0.2, -0.15) is 0 Å². The second-order valence-corrected chi connectivity index (χ2v) is 6.47. The molecule has 27 heavy (non-hydrogen) atoms. The summed E-state index contributed by atoms with van der Waals surface area (Å²) in [5, 5.41) is 0.647. The first kappa shape index (κ1) is 18.6. The smallest absolute Gasteiger partial charge is 0.343 e. The molecule has 3 rings (SSSR count). The maximum atomic E-state index is 12.3. The molecule has 0 aromatic heterocycles. The topological polar surface area (TPSA) is 43.4 Å². The van der Waals surface area contributed by atoms with Crippen molar-refractivity contribution in [1.29, 1.82) is 0 Å². The normalized spacial score (nSPS) is 10.7. The van der Waals surface area contributed by atoms with Crippen molar-refractivity contribution in [2.45, 2.75) is 6.92 Å². The molecule has 0 atom stereocenters. The lowest BCUT2D eigenvalue weighted by atomic mass is 10.1. The molecular formula is C23H17ClO3. The Bertz CT molecular complexity index is 970. The first-order valence-corrected chi connectivity index (χ1v) is 8.76. The lowest BCUT2D eigenvalue weighted by molar-refractivity contribution is 0.0734. The van der Waals surface area contributed by atoms with Crippen LogP contribution < -0.4 is 4.74 Å². The molecule has 0 radical (unpaired) electrons. The van der Waals surface area contributed by atoms with Crippen molar-refractivity contribution >= 4 is 29.4 Å². The minimum atomic E-state index is -0.434. The molecule has 0 fully saturated rings. The van der Waals surface area contributed by atoms with Crippen LogP contribution in [0.5, 0.6) is 5.75 Å². The largest absolute Gasteiger partial charge is 0.423 e. The fraction of sp³-hybridized carbons (Fsp3) is 0.0435. The number of allylic oxidation sites excluding steroid dienone is 1. The van der Waals surface area contributed by atoms with E-state index in [4.69, 9.17) is 16.3 Å². The van der Waals surface area contributed by atoms with Crippen molar-refractivity contribution in [3.63, 3.8) is 0 Å². The average Bonchev–Trinajstić information content (AvgIpc) is 2.68. The van der Waals surface area contributed by atoms with Crippen LogP contribution in [0.25, 0.3) is 6.08 Å². The summed E-state index contributed by atoms with van der Waals surface area (Å²) in [6.45, 7) is 1.95. The van der Waals surface area contributed by atoms with Crippen molar-refractivity contribution in [3.8, 4) is 5.75 Å². The van der Waals surface area contributed by atoms with Crippen LogP contribution in [-0.4, -0.2) is 11.8 Å². The van der Waals surface area contributed by atoms with Gasteiger partial charge in [0, 0.05) is 10.6 Å². The van der Waals surface area contributed by atoms with Crippen LogP contribution >= 0.6 is 11.6 Å². The number of aryl methyl sites for hydroxylation is 1. The molecule has 0 aliphatic rings. The SMILES string of the molecule is Cc1ccc(C(=O)Oc2ccc(C(=O)C=Cc3ccc(Cl)cc3)cc2)cc1. The summed E-state index contributed by atoms with van der Waals surface area (Å²) in [6.07, 6.45) is 3.22. The van der Waals surface area contributed by atoms with Crippen LogP contribution in [0.4, 0.5) is 0 Å². The Labute approximate surface area is 162 Å². The highest BCUT2D eigenvalue weighted by molar-refractivity contribution is 6.30. The van der Waals surface area contributed by atoms with E-state index in [1.807, 2.05) is 31.2 Å². The van der Waals surface area contributed by atoms with Gasteiger partial charge in [-0.25, -0.2) is 4.79 Å². The predicted octanol–water partition coefficient (Wildman–Crippen LogP) is 5.76. The van der Waals surface area contributed by atoms with Gasteiger partial charge in [-0.1, -0.05) is 47.5 Å². The summed E-state index contributed by atoms with van der Waals surface area (Å²) in [6, 6.07) is 20.8. The summed E-state index contributed by atoms with van der Waals surface area (Å²) < 4.78 is 5.33. The average molecular weight is 377 g/mol. The van der Waals surface area contributed by atoms with Gasteiger partial charge in [0.05, 0.1) is 5.56 Å². The second-order valence-electron chi connectivity index (χ2n) is 6.03. The highest BCUT2D eigenvalue weighted by Crippen LogP contribution is 2.16. The Balaban J connectivity index is 1.64. The van der Waals surface area contributed by atoms with Gasteiger partial charge in [0.2, 0.25) is 0 Å². The number of hydrogen-bond acceptors (Lipinski definition) is 3. The number of halogens is 1. The molecule has 0 aliphatic carbocycles. The number of esters is 1. The van der Waals surface area contributed by atoms with Crippen molar-refractivity contribution < 1.29 is 14.3 Å². The van der Waals surface area contributed by atoms with E-state index in [2.05, 4.69) is 0 Å². The number of ketones is 1. The van der Waals surface area contributed by atoms with E-state index in [0.29, 0.717) is 21.9 Å². The first-order valence-electron chi connectivity index (χ1n) is 8.38. The van der Waals surface area contributed by atoms with Crippen LogP contribution in [0.1, 0.15) is 31.8 Å². The molecule has 0 bridgehead atoms. The van der Waals surface area contributed by atoms with E-state index < -0.39 is 5.97 Å². The molecule has 0 saturated heterocycles. The number of rotatable bonds is 5. The van der Waals surface area contributed by atoms with Crippen LogP contribution in [-0.2, 0) is 0 Å². The lowest BCUT2D eigenvalue weighted by Crippen LogP contribution is -2.08. The van der Waals surface area contributed by atoms with Gasteiger partial charge < -0.3 is 4.74 Å². The Morgan fingerprint density at radius 1 is 0.815 bits per heavy atom. The van der Waals surface area contributed by atoms with Crippen LogP contribution in [0.3, 0.4) is 0 Å². The molecule has 3 nitrogen and oxygen atoms in total. The molecule has 0 unspecified atom stereocenters. The zero-order chi connectivity index (χ0) is 19.2. The van der Waals surface area contributed by atoms with Gasteiger partial charge >= 0.3 is 5.97 Å². The molecule has 0 N–H and O–H groups in total. The highest BCUT2D eigenvalue weighted by Gasteiger charge is 2.09. The zero-order valence-electron chi connectivity index (χ0n) is 14.7. The molecule has 3 aromatic carbocycles. The number of ether oxygens (including phenoxy) is 1. The third-order valence-electron chi connectivity index (χ3n) is 3.93. The van der Waals surface area contributed by atoms with Crippen molar-refractivity contribution in [3.05, 3.63) is 106 Å². The molecular weight excluding hydrogens is 360 g/mol. The van der Waals surface area contributed by atoms with Crippen LogP contribution in [0.15, 0.2) is 78.9 Å². The number of carbonyl (C=O) groups excluding carboxylic acids is 2. The zero-order valence-corrected chi connectivity index (χ0v) is 15.4. The molecule has 134 valence electrons. The predicted molar refractivity (Wildman–Crippen MR) is 107 cm³/mol. The summed E-state index contributed by atoms with van der Waals surface area (Å²) >= 11 is 5.84. The summed E-state index contributed by atoms with van der Waals surface area (Å²) in [5.41, 5.74) is 2.94. The van der Waals surface area contributed by atoms with Crippen molar-refractivity contribution in [2.24, 2.45) is 0 Å². The summed E-state index contributed by atoms with van der Waals surface area (Å²) in [4.78, 5) is 24.4. The van der Waals surface area contributed by atoms with E-state index in [0.717, 1.165) is 11.1 Å². The molecule has 4 heteroatoms. The van der Waals surface area contributed by atoms with E-state index in [1.165, 1.54) is 6.08 Å². The Hall–Kier alpha value is -3.17. The van der Waals surface area contributed by atoms with Gasteiger partial charge in [-0.05, 0) is 67.1 Å². The van der Waals surface area contributed by atoms with E-state index in [9.17, 15) is 9.59 Å². The van der Waals surface area contributed by atoms with Crippen LogP contribution in [0.2, 0.25) is 5.02 Å². The van der Waals surface area contributed by atoms with Crippen molar-refractivity contribution in [2.75, 3.05) is 0 Å². The van der Waals surface area contributed by atoms with Gasteiger partial charge in [0.15, 0.2) is 5.78 Å². The standard InChI is InChI=1S/C23H17ClO3/c1-16-2-7-19(8-3-16)23(26)27-21-13-9-18(10-14-21)22(25)15-6-17-4-11-20(24)12-5-17/h2-15H,1H3. The third kappa shape index (κ3) is 5.16. The van der Waals surface area contributed by atoms with Crippen molar-refractivity contribution in [1.82, 2.24) is 0 Å². The van der Waals surface area contributed by atoms with Crippen LogP contribution in [0, 0.1) is 6.92 Å². The first-order chi connectivity index (χ1) is 13.0. The minimum absolute atomic E-state index is 0.138. The molecule has 0 aliphatic heterocycles. The molecule has 0 heterocycles. The fourth-order valence-electron chi connectivity index (χ4n) is 2.38. The van der Waals surface area contributed by atoms with Gasteiger partial charge in [0.1, 0.15) is 5.75 Å². The maximum absolute atomic E-state index is 12.3. The molecule has 0 spiro atoms. The Morgan fingerprint density at radius 2 is 1.41 bits per heavy atom.